The molecule has 0 radical (unpaired) electrons. The van der Waals surface area contributed by atoms with Crippen molar-refractivity contribution in [1.29, 1.82) is 0 Å². The zero-order valence-electron chi connectivity index (χ0n) is 17.5. The molecule has 176 valence electrons. The second-order valence-corrected chi connectivity index (χ2v) is 8.72. The summed E-state index contributed by atoms with van der Waals surface area (Å²) in [5.74, 6) is -0.178. The van der Waals surface area contributed by atoms with Gasteiger partial charge in [0.15, 0.2) is 17.3 Å². The predicted octanol–water partition coefficient (Wildman–Crippen LogP) is 4.08. The van der Waals surface area contributed by atoms with E-state index in [2.05, 4.69) is 30.9 Å². The highest BCUT2D eigenvalue weighted by atomic mass is 19.4. The monoisotopic (exact) mass is 467 g/mol. The molecule has 9 nitrogen and oxygen atoms in total. The normalized spacial score (nSPS) is 24.1. The minimum absolute atomic E-state index is 0.113. The summed E-state index contributed by atoms with van der Waals surface area (Å²) in [6.07, 6.45) is -2.31. The van der Waals surface area contributed by atoms with Gasteiger partial charge in [-0.25, -0.2) is 18.7 Å². The van der Waals surface area contributed by atoms with E-state index in [1.165, 1.54) is 12.4 Å². The number of hydrogen-bond acceptors (Lipinski definition) is 6. The molecule has 0 bridgehead atoms. The number of fused-ring (bicyclic) bond motifs is 1. The molecule has 13 heteroatoms. The van der Waals surface area contributed by atoms with E-state index in [1.54, 1.807) is 6.07 Å². The smallest absolute Gasteiger partial charge is 0.435 e. The number of carbonyl (C=O) groups is 1. The molecule has 0 aromatic carbocycles. The molecule has 2 fully saturated rings. The fourth-order valence-electron chi connectivity index (χ4n) is 3.97. The number of anilines is 2. The molecule has 3 atom stereocenters. The highest BCUT2D eigenvalue weighted by Crippen LogP contribution is 2.39. The number of alkyl halides is 4. The van der Waals surface area contributed by atoms with Crippen molar-refractivity contribution in [1.82, 2.24) is 30.1 Å². The summed E-state index contributed by atoms with van der Waals surface area (Å²) < 4.78 is 60.3. The van der Waals surface area contributed by atoms with Crippen molar-refractivity contribution in [3.8, 4) is 0 Å². The van der Waals surface area contributed by atoms with Gasteiger partial charge in [-0.15, -0.1) is 0 Å². The van der Waals surface area contributed by atoms with E-state index in [0.29, 0.717) is 18.5 Å². The quantitative estimate of drug-likeness (QED) is 0.488. The summed E-state index contributed by atoms with van der Waals surface area (Å²) in [6, 6.07) is 2.45. The first-order valence-corrected chi connectivity index (χ1v) is 10.5. The number of aromatic amines is 1. The number of rotatable bonds is 5. The Morgan fingerprint density at radius 3 is 2.82 bits per heavy atom. The number of halogens is 4. The molecule has 1 amide bonds. The van der Waals surface area contributed by atoms with Crippen LogP contribution in [0, 0.1) is 0 Å². The van der Waals surface area contributed by atoms with Crippen LogP contribution in [0.15, 0.2) is 24.5 Å². The van der Waals surface area contributed by atoms with Gasteiger partial charge < -0.3 is 15.4 Å². The first-order valence-electron chi connectivity index (χ1n) is 10.5. The number of amides is 1. The lowest BCUT2D eigenvalue weighted by Gasteiger charge is -2.19. The third-order valence-electron chi connectivity index (χ3n) is 6.09. The summed E-state index contributed by atoms with van der Waals surface area (Å²) in [5.41, 5.74) is -0.694. The molecular weight excluding hydrogens is 446 g/mol. The number of aromatic nitrogens is 5. The van der Waals surface area contributed by atoms with E-state index < -0.39 is 36.2 Å². The van der Waals surface area contributed by atoms with Crippen LogP contribution in [0.2, 0.25) is 0 Å². The molecule has 3 aromatic heterocycles. The van der Waals surface area contributed by atoms with Gasteiger partial charge in [-0.3, -0.25) is 5.10 Å². The predicted molar refractivity (Wildman–Crippen MR) is 108 cm³/mol. The van der Waals surface area contributed by atoms with Crippen molar-refractivity contribution < 1.29 is 27.1 Å². The van der Waals surface area contributed by atoms with Crippen LogP contribution in [0.3, 0.4) is 0 Å². The Morgan fingerprint density at radius 1 is 1.30 bits per heavy atom. The molecule has 2 aliphatic rings. The van der Waals surface area contributed by atoms with Crippen LogP contribution in [0.1, 0.15) is 49.9 Å². The van der Waals surface area contributed by atoms with Crippen LogP contribution in [-0.4, -0.2) is 48.7 Å². The number of carbonyl (C=O) groups excluding carboxylic acids is 1. The Labute approximate surface area is 184 Å². The molecule has 5 rings (SSSR count). The average Bonchev–Trinajstić information content (AvgIpc) is 3.13. The Kier molecular flexibility index (Phi) is 4.94. The lowest BCUT2D eigenvalue weighted by molar-refractivity contribution is -0.141. The standard InChI is InChI=1S/C20H21F4N7O2/c1-19(4-5-19)27-18(32)33-13-3-2-10(16(13)21)11-8-15(29-28-11)26-17-12-9-14(20(22,23)24)30-31(12)7-6-25-17/h6-10,13,16H,2-5H2,1H3,(H,27,32)(H2,25,26,28,29)/t10-,13-,16+/m0/s1. The van der Waals surface area contributed by atoms with Crippen molar-refractivity contribution in [2.24, 2.45) is 0 Å². The lowest BCUT2D eigenvalue weighted by Crippen LogP contribution is -2.38. The van der Waals surface area contributed by atoms with E-state index in [9.17, 15) is 18.0 Å². The molecule has 3 N–H and O–H groups in total. The van der Waals surface area contributed by atoms with E-state index in [4.69, 9.17) is 4.74 Å². The summed E-state index contributed by atoms with van der Waals surface area (Å²) in [4.78, 5) is 16.1. The molecular formula is C20H21F4N7O2. The maximum absolute atomic E-state index is 15.0. The third-order valence-corrected chi connectivity index (χ3v) is 6.09. The number of nitrogens with one attached hydrogen (secondary N) is 3. The first-order chi connectivity index (χ1) is 15.6. The van der Waals surface area contributed by atoms with Gasteiger partial charge in [-0.05, 0) is 32.6 Å². The van der Waals surface area contributed by atoms with Crippen molar-refractivity contribution in [2.45, 2.75) is 62.5 Å². The van der Waals surface area contributed by atoms with Gasteiger partial charge in [-0.1, -0.05) is 0 Å². The molecule has 3 aromatic rings. The van der Waals surface area contributed by atoms with Crippen LogP contribution in [0.5, 0.6) is 0 Å². The van der Waals surface area contributed by atoms with Gasteiger partial charge in [-0.2, -0.15) is 23.4 Å². The largest absolute Gasteiger partial charge is 0.443 e. The molecule has 0 saturated heterocycles. The van der Waals surface area contributed by atoms with Gasteiger partial charge in [0.05, 0.1) is 0 Å². The van der Waals surface area contributed by atoms with Crippen molar-refractivity contribution >= 4 is 23.2 Å². The summed E-state index contributed by atoms with van der Waals surface area (Å²) >= 11 is 0. The van der Waals surface area contributed by atoms with E-state index in [-0.39, 0.29) is 22.7 Å². The third kappa shape index (κ3) is 4.31. The van der Waals surface area contributed by atoms with Crippen LogP contribution in [0.4, 0.5) is 34.0 Å². The molecule has 3 heterocycles. The SMILES string of the molecule is CC1(NC(=O)O[C@H]2CC[C@@H](c3cc(Nc4nccn5nc(C(F)(F)F)cc45)n[nH]3)[C@H]2F)CC1. The van der Waals surface area contributed by atoms with Crippen LogP contribution in [0.25, 0.3) is 5.52 Å². The second kappa shape index (κ2) is 7.59. The average molecular weight is 467 g/mol. The summed E-state index contributed by atoms with van der Waals surface area (Å²) in [7, 11) is 0. The van der Waals surface area contributed by atoms with E-state index in [1.807, 2.05) is 6.92 Å². The maximum atomic E-state index is 15.0. The molecule has 2 aliphatic carbocycles. The minimum Gasteiger partial charge on any atom is -0.443 e. The zero-order valence-corrected chi connectivity index (χ0v) is 17.5. The fourth-order valence-corrected chi connectivity index (χ4v) is 3.97. The lowest BCUT2D eigenvalue weighted by atomic mass is 10.0. The number of nitrogens with zero attached hydrogens (tertiary/aromatic N) is 4. The summed E-state index contributed by atoms with van der Waals surface area (Å²) in [5, 5.41) is 15.9. The highest BCUT2D eigenvalue weighted by molar-refractivity contribution is 5.72. The molecule has 2 saturated carbocycles. The highest BCUT2D eigenvalue weighted by Gasteiger charge is 2.43. The molecule has 0 unspecified atom stereocenters. The van der Waals surface area contributed by atoms with E-state index in [0.717, 1.165) is 23.4 Å². The van der Waals surface area contributed by atoms with Crippen LogP contribution >= 0.6 is 0 Å². The van der Waals surface area contributed by atoms with Gasteiger partial charge in [0.2, 0.25) is 0 Å². The number of alkyl carbamates (subject to hydrolysis) is 1. The number of hydrogen-bond donors (Lipinski definition) is 3. The van der Waals surface area contributed by atoms with Crippen molar-refractivity contribution in [3.05, 3.63) is 35.9 Å². The van der Waals surface area contributed by atoms with Crippen LogP contribution < -0.4 is 10.6 Å². The Morgan fingerprint density at radius 2 is 2.09 bits per heavy atom. The zero-order chi connectivity index (χ0) is 23.4. The molecule has 0 aliphatic heterocycles. The second-order valence-electron chi connectivity index (χ2n) is 8.72. The van der Waals surface area contributed by atoms with Gasteiger partial charge in [0.1, 0.15) is 17.8 Å². The van der Waals surface area contributed by atoms with Crippen molar-refractivity contribution in [3.63, 3.8) is 0 Å². The van der Waals surface area contributed by atoms with E-state index >= 15 is 4.39 Å². The Bertz CT molecular complexity index is 1190. The number of ether oxygens (including phenoxy) is 1. The Hall–Kier alpha value is -3.38. The van der Waals surface area contributed by atoms with Crippen molar-refractivity contribution in [2.75, 3.05) is 5.32 Å². The Balaban J connectivity index is 1.27. The topological polar surface area (TPSA) is 109 Å². The molecule has 0 spiro atoms. The van der Waals surface area contributed by atoms with Crippen LogP contribution in [-0.2, 0) is 10.9 Å². The number of H-pyrrole nitrogens is 1. The van der Waals surface area contributed by atoms with Gasteiger partial charge >= 0.3 is 12.3 Å². The fraction of sp³-hybridized carbons (Fsp3) is 0.500. The van der Waals surface area contributed by atoms with Gasteiger partial charge in [0.25, 0.3) is 0 Å². The molecule has 33 heavy (non-hydrogen) atoms. The minimum atomic E-state index is -4.59. The summed E-state index contributed by atoms with van der Waals surface area (Å²) in [6.45, 7) is 1.90. The maximum Gasteiger partial charge on any atom is 0.435 e. The van der Waals surface area contributed by atoms with Gasteiger partial charge in [0, 0.05) is 41.7 Å². The first kappa shape index (κ1) is 21.5.